The van der Waals surface area contributed by atoms with Gasteiger partial charge in [-0.2, -0.15) is 5.26 Å². The van der Waals surface area contributed by atoms with E-state index in [4.69, 9.17) is 4.74 Å². The van der Waals surface area contributed by atoms with Crippen molar-refractivity contribution in [3.05, 3.63) is 33.9 Å². The molecule has 2 aromatic heterocycles. The summed E-state index contributed by atoms with van der Waals surface area (Å²) in [5.74, 6) is 0. The fraction of sp³-hybridized carbons (Fsp3) is 0.500. The molecule has 0 radical (unpaired) electrons. The minimum atomic E-state index is -0.356. The maximum atomic E-state index is 12.4. The van der Waals surface area contributed by atoms with E-state index in [1.807, 2.05) is 13.0 Å². The summed E-state index contributed by atoms with van der Waals surface area (Å²) in [4.78, 5) is 21.8. The van der Waals surface area contributed by atoms with E-state index in [-0.39, 0.29) is 22.0 Å². The Labute approximate surface area is 162 Å². The Morgan fingerprint density at radius 3 is 2.63 bits per heavy atom. The van der Waals surface area contributed by atoms with E-state index < -0.39 is 0 Å². The second kappa shape index (κ2) is 7.08. The smallest absolute Gasteiger partial charge is 0.268 e. The summed E-state index contributed by atoms with van der Waals surface area (Å²) in [6, 6.07) is 4.10. The number of hydrogen-bond acceptors (Lipinski definition) is 5. The molecule has 0 aliphatic carbocycles. The number of aromatic nitrogens is 2. The molecule has 3 rings (SSSR count). The molecule has 0 spiro atoms. The Bertz CT molecular complexity index is 954. The highest BCUT2D eigenvalue weighted by Gasteiger charge is 2.35. The minimum absolute atomic E-state index is 0.177. The molecule has 1 saturated heterocycles. The molecule has 1 fully saturated rings. The van der Waals surface area contributed by atoms with Gasteiger partial charge in [-0.3, -0.25) is 9.78 Å². The van der Waals surface area contributed by atoms with Crippen molar-refractivity contribution in [3.63, 3.8) is 0 Å². The number of fused-ring (bicyclic) bond motifs is 1. The fourth-order valence-corrected chi connectivity index (χ4v) is 3.89. The van der Waals surface area contributed by atoms with Crippen molar-refractivity contribution in [2.75, 3.05) is 18.0 Å². The summed E-state index contributed by atoms with van der Waals surface area (Å²) in [7, 11) is 6.21. The highest BCUT2D eigenvalue weighted by molar-refractivity contribution is 6.58. The molecular weight excluding hydrogens is 337 g/mol. The average Bonchev–Trinajstić information content (AvgIpc) is 2.59. The molecule has 0 amide bonds. The maximum absolute atomic E-state index is 12.4. The third-order valence-corrected chi connectivity index (χ3v) is 5.09. The van der Waals surface area contributed by atoms with E-state index >= 15 is 0 Å². The van der Waals surface area contributed by atoms with Crippen molar-refractivity contribution >= 4 is 40.1 Å². The normalized spacial score (nSPS) is 17.0. The number of aromatic amines is 1. The van der Waals surface area contributed by atoms with Crippen LogP contribution in [0.2, 0.25) is 0 Å². The molecule has 0 atom stereocenters. The lowest BCUT2D eigenvalue weighted by Crippen LogP contribution is -2.51. The third kappa shape index (κ3) is 4.06. The number of pyridine rings is 2. The van der Waals surface area contributed by atoms with Crippen molar-refractivity contribution in [1.82, 2.24) is 9.97 Å². The van der Waals surface area contributed by atoms with Gasteiger partial charge in [-0.05, 0) is 37.6 Å². The fourth-order valence-electron chi connectivity index (χ4n) is 3.89. The number of nitrogens with one attached hydrogen (secondary N) is 1. The zero-order chi connectivity index (χ0) is 19.8. The Morgan fingerprint density at radius 1 is 1.41 bits per heavy atom. The van der Waals surface area contributed by atoms with Crippen LogP contribution < -0.4 is 10.5 Å². The Kier molecular flexibility index (Phi) is 5.13. The van der Waals surface area contributed by atoms with Crippen LogP contribution in [0.15, 0.2) is 17.1 Å². The summed E-state index contributed by atoms with van der Waals surface area (Å²) >= 11 is 0. The minimum Gasteiger partial charge on any atom is -0.394 e. The lowest BCUT2D eigenvalue weighted by atomic mass is 9.52. The van der Waals surface area contributed by atoms with Gasteiger partial charge in [0.2, 0.25) is 0 Å². The van der Waals surface area contributed by atoms with E-state index in [0.29, 0.717) is 5.52 Å². The van der Waals surface area contributed by atoms with Crippen LogP contribution in [0.3, 0.4) is 0 Å². The van der Waals surface area contributed by atoms with E-state index in [1.54, 1.807) is 6.20 Å². The van der Waals surface area contributed by atoms with Crippen LogP contribution in [0.25, 0.3) is 10.9 Å². The van der Waals surface area contributed by atoms with Crippen molar-refractivity contribution in [2.24, 2.45) is 0 Å². The van der Waals surface area contributed by atoms with Gasteiger partial charge < -0.3 is 14.6 Å². The summed E-state index contributed by atoms with van der Waals surface area (Å²) in [5.41, 5.74) is 1.96. The first-order valence-corrected chi connectivity index (χ1v) is 9.56. The number of aryl methyl sites for hydroxylation is 1. The van der Waals surface area contributed by atoms with Crippen molar-refractivity contribution in [3.8, 4) is 6.07 Å². The number of nitrogens with zero attached hydrogens (tertiary/aromatic N) is 3. The molecule has 3 heterocycles. The van der Waals surface area contributed by atoms with Gasteiger partial charge in [0.25, 0.3) is 5.56 Å². The summed E-state index contributed by atoms with van der Waals surface area (Å²) in [6.45, 7) is 5.67. The topological polar surface area (TPSA) is 82.0 Å². The first kappa shape index (κ1) is 19.6. The van der Waals surface area contributed by atoms with Crippen LogP contribution >= 0.6 is 0 Å². The van der Waals surface area contributed by atoms with E-state index in [9.17, 15) is 10.1 Å². The van der Waals surface area contributed by atoms with Gasteiger partial charge in [-0.25, -0.2) is 0 Å². The molecular formula is C18H25B3N4O2. The largest absolute Gasteiger partial charge is 0.394 e. The molecule has 0 unspecified atom stereocenters. The Morgan fingerprint density at radius 2 is 2.07 bits per heavy atom. The molecule has 0 aromatic carbocycles. The van der Waals surface area contributed by atoms with Crippen LogP contribution in [0.4, 0.5) is 5.69 Å². The van der Waals surface area contributed by atoms with Crippen molar-refractivity contribution < 1.29 is 4.74 Å². The van der Waals surface area contributed by atoms with Crippen LogP contribution in [0.5, 0.6) is 0 Å². The molecule has 1 aliphatic heterocycles. The molecule has 6 nitrogen and oxygen atoms in total. The van der Waals surface area contributed by atoms with Gasteiger partial charge >= 0.3 is 0 Å². The second-order valence-electron chi connectivity index (χ2n) is 8.52. The average molecular weight is 362 g/mol. The van der Waals surface area contributed by atoms with Gasteiger partial charge in [-0.15, -0.1) is 0 Å². The van der Waals surface area contributed by atoms with E-state index in [0.717, 1.165) is 49.1 Å². The zero-order valence-electron chi connectivity index (χ0n) is 16.8. The number of nitriles is 1. The van der Waals surface area contributed by atoms with Gasteiger partial charge in [0.1, 0.15) is 35.2 Å². The van der Waals surface area contributed by atoms with Crippen LogP contribution in [-0.4, -0.2) is 57.5 Å². The van der Waals surface area contributed by atoms with Gasteiger partial charge in [0.15, 0.2) is 0 Å². The quantitative estimate of drug-likeness (QED) is 0.724. The Balaban J connectivity index is 2.02. The molecule has 138 valence electrons. The molecule has 0 bridgehead atoms. The van der Waals surface area contributed by atoms with E-state index in [2.05, 4.69) is 51.4 Å². The molecule has 9 heteroatoms. The summed E-state index contributed by atoms with van der Waals surface area (Å²) in [5, 5.41) is 10.3. The predicted molar refractivity (Wildman–Crippen MR) is 116 cm³/mol. The standard InChI is InChI=1S/C18H25B3N4O2/c1-3-11-8-12-14(10-23-11)24-16(26)13(9-22)15(12)25-6-4-17(2,5-7-25)27-18(19,20)21/h8,10H,3-7,19-21H2,1-2H3,(H,24,26). The monoisotopic (exact) mass is 362 g/mol. The Hall–Kier alpha value is -2.20. The number of ether oxygens (including phenoxy) is 1. The summed E-state index contributed by atoms with van der Waals surface area (Å²) < 4.78 is 6.29. The van der Waals surface area contributed by atoms with Crippen LogP contribution in [0, 0.1) is 11.3 Å². The van der Waals surface area contributed by atoms with Crippen molar-refractivity contribution in [1.29, 1.82) is 5.26 Å². The molecule has 0 saturated carbocycles. The summed E-state index contributed by atoms with van der Waals surface area (Å²) in [6.07, 6.45) is 4.18. The van der Waals surface area contributed by atoms with Crippen LogP contribution in [0.1, 0.15) is 37.9 Å². The van der Waals surface area contributed by atoms with E-state index in [1.165, 1.54) is 0 Å². The predicted octanol–water partition coefficient (Wildman–Crippen LogP) is -0.757. The van der Waals surface area contributed by atoms with Crippen LogP contribution in [-0.2, 0) is 11.2 Å². The molecule has 2 aromatic rings. The number of anilines is 1. The first-order chi connectivity index (χ1) is 12.7. The van der Waals surface area contributed by atoms with Gasteiger partial charge in [-0.1, -0.05) is 6.92 Å². The lowest BCUT2D eigenvalue weighted by molar-refractivity contribution is -0.0541. The third-order valence-electron chi connectivity index (χ3n) is 5.09. The lowest BCUT2D eigenvalue weighted by Gasteiger charge is -2.44. The van der Waals surface area contributed by atoms with Crippen molar-refractivity contribution in [2.45, 2.75) is 44.0 Å². The zero-order valence-corrected chi connectivity index (χ0v) is 16.8. The first-order valence-electron chi connectivity index (χ1n) is 9.56. The molecule has 27 heavy (non-hydrogen) atoms. The number of rotatable bonds is 4. The SMILES string of the molecule is BC(B)(B)OC1(C)CCN(c2c(C#N)c(=O)[nH]c3cnc(CC)cc23)CC1. The highest BCUT2D eigenvalue weighted by atomic mass is 16.5. The van der Waals surface area contributed by atoms with Gasteiger partial charge in [0.05, 0.1) is 23.0 Å². The highest BCUT2D eigenvalue weighted by Crippen LogP contribution is 2.34. The molecule has 1 aliphatic rings. The second-order valence-corrected chi connectivity index (χ2v) is 8.52. The molecule has 1 N–H and O–H groups in total. The maximum Gasteiger partial charge on any atom is 0.268 e. The number of H-pyrrole nitrogens is 1. The van der Waals surface area contributed by atoms with Gasteiger partial charge in [0, 0.05) is 24.2 Å². The number of hydrogen-bond donors (Lipinski definition) is 1. The number of piperidine rings is 1.